The number of aryl methyl sites for hydroxylation is 1. The molecule has 0 atom stereocenters. The van der Waals surface area contributed by atoms with E-state index in [4.69, 9.17) is 5.11 Å². The number of nitrogens with one attached hydrogen (secondary N) is 1. The Hall–Kier alpha value is -3.19. The van der Waals surface area contributed by atoms with Gasteiger partial charge in [0.1, 0.15) is 0 Å². The molecule has 3 heterocycles. The zero-order chi connectivity index (χ0) is 19.3. The van der Waals surface area contributed by atoms with Gasteiger partial charge in [-0.2, -0.15) is 0 Å². The van der Waals surface area contributed by atoms with Gasteiger partial charge in [0.15, 0.2) is 5.13 Å². The fraction of sp³-hybridized carbons (Fsp3) is 0.190. The van der Waals surface area contributed by atoms with Gasteiger partial charge >= 0.3 is 5.97 Å². The van der Waals surface area contributed by atoms with Crippen LogP contribution in [-0.2, 0) is 17.6 Å². The number of benzene rings is 2. The van der Waals surface area contributed by atoms with E-state index in [2.05, 4.69) is 22.4 Å². The van der Waals surface area contributed by atoms with Crippen LogP contribution in [0.3, 0.4) is 0 Å². The minimum absolute atomic E-state index is 0.193. The van der Waals surface area contributed by atoms with Crippen LogP contribution < -0.4 is 10.2 Å². The summed E-state index contributed by atoms with van der Waals surface area (Å²) in [6, 6.07) is 10.8. The van der Waals surface area contributed by atoms with Gasteiger partial charge < -0.3 is 15.3 Å². The number of hydrogen-bond acceptors (Lipinski definition) is 5. The lowest BCUT2D eigenvalue weighted by Gasteiger charge is -2.25. The van der Waals surface area contributed by atoms with Crippen molar-refractivity contribution in [2.24, 2.45) is 0 Å². The third-order valence-corrected chi connectivity index (χ3v) is 5.95. The highest BCUT2D eigenvalue weighted by Gasteiger charge is 2.32. The molecule has 0 saturated carbocycles. The summed E-state index contributed by atoms with van der Waals surface area (Å²) in [6.07, 6.45) is 2.46. The molecule has 1 aromatic heterocycles. The number of carbonyl (C=O) groups is 2. The van der Waals surface area contributed by atoms with Crippen molar-refractivity contribution in [2.45, 2.75) is 19.3 Å². The zero-order valence-electron chi connectivity index (χ0n) is 14.9. The molecule has 6 nitrogen and oxygen atoms in total. The number of amides is 1. The third kappa shape index (κ3) is 2.84. The number of aromatic nitrogens is 1. The van der Waals surface area contributed by atoms with Crippen molar-refractivity contribution < 1.29 is 14.7 Å². The predicted octanol–water partition coefficient (Wildman–Crippen LogP) is 4.09. The number of hydrogen-bond donors (Lipinski definition) is 2. The van der Waals surface area contributed by atoms with Crippen molar-refractivity contribution in [3.63, 3.8) is 0 Å². The molecule has 2 N–H and O–H groups in total. The fourth-order valence-corrected chi connectivity index (χ4v) is 4.65. The van der Waals surface area contributed by atoms with Gasteiger partial charge in [0, 0.05) is 23.2 Å². The number of anilines is 3. The average molecular weight is 391 g/mol. The highest BCUT2D eigenvalue weighted by Crippen LogP contribution is 2.40. The molecule has 2 aliphatic rings. The first-order chi connectivity index (χ1) is 13.6. The Balaban J connectivity index is 1.42. The molecular formula is C21H17N3O3S. The standard InChI is InChI=1S/C21H17N3O3S/c25-18-10-15-9-14(8-13-2-1-7-24(18)19(13)15)17-11-28-21(23-17)22-16-5-3-12(4-6-16)20(26)27/h3-6,8-9,11H,1-2,7,10H2,(H,22,23)(H,26,27). The Bertz CT molecular complexity index is 1100. The first-order valence-corrected chi connectivity index (χ1v) is 9.99. The van der Waals surface area contributed by atoms with E-state index in [0.717, 1.165) is 52.7 Å². The van der Waals surface area contributed by atoms with Crippen LogP contribution in [0.5, 0.6) is 0 Å². The molecule has 0 bridgehead atoms. The normalized spacial score (nSPS) is 14.9. The molecule has 28 heavy (non-hydrogen) atoms. The van der Waals surface area contributed by atoms with Crippen molar-refractivity contribution in [3.05, 3.63) is 58.5 Å². The first-order valence-electron chi connectivity index (χ1n) is 9.11. The van der Waals surface area contributed by atoms with E-state index < -0.39 is 5.97 Å². The maximum atomic E-state index is 12.2. The van der Waals surface area contributed by atoms with Gasteiger partial charge in [-0.25, -0.2) is 9.78 Å². The molecule has 1 amide bonds. The molecule has 0 unspecified atom stereocenters. The summed E-state index contributed by atoms with van der Waals surface area (Å²) in [6.45, 7) is 0.823. The molecule has 0 fully saturated rings. The van der Waals surface area contributed by atoms with Crippen LogP contribution in [0.2, 0.25) is 0 Å². The zero-order valence-corrected chi connectivity index (χ0v) is 15.8. The molecular weight excluding hydrogens is 374 g/mol. The molecule has 2 aliphatic heterocycles. The smallest absolute Gasteiger partial charge is 0.335 e. The summed E-state index contributed by atoms with van der Waals surface area (Å²) in [5.41, 5.74) is 6.41. The van der Waals surface area contributed by atoms with Gasteiger partial charge in [0.2, 0.25) is 5.91 Å². The number of carbonyl (C=O) groups excluding carboxylic acids is 1. The van der Waals surface area contributed by atoms with Crippen LogP contribution in [0.25, 0.3) is 11.3 Å². The second kappa shape index (κ2) is 6.45. The molecule has 0 aliphatic carbocycles. The lowest BCUT2D eigenvalue weighted by Crippen LogP contribution is -2.31. The molecule has 7 heteroatoms. The van der Waals surface area contributed by atoms with Gasteiger partial charge in [-0.15, -0.1) is 11.3 Å². The van der Waals surface area contributed by atoms with E-state index in [-0.39, 0.29) is 11.5 Å². The third-order valence-electron chi connectivity index (χ3n) is 5.19. The van der Waals surface area contributed by atoms with Gasteiger partial charge in [0.05, 0.1) is 23.4 Å². The second-order valence-corrected chi connectivity index (χ2v) is 7.87. The Morgan fingerprint density at radius 1 is 1.18 bits per heavy atom. The molecule has 2 aromatic carbocycles. The summed E-state index contributed by atoms with van der Waals surface area (Å²) in [4.78, 5) is 29.8. The van der Waals surface area contributed by atoms with E-state index in [0.29, 0.717) is 6.42 Å². The van der Waals surface area contributed by atoms with Crippen molar-refractivity contribution in [1.29, 1.82) is 0 Å². The Labute approximate surface area is 165 Å². The summed E-state index contributed by atoms with van der Waals surface area (Å²) >= 11 is 1.50. The number of nitrogens with zero attached hydrogens (tertiary/aromatic N) is 2. The minimum Gasteiger partial charge on any atom is -0.478 e. The van der Waals surface area contributed by atoms with Crippen molar-refractivity contribution in [1.82, 2.24) is 4.98 Å². The summed E-state index contributed by atoms with van der Waals surface area (Å²) in [7, 11) is 0. The van der Waals surface area contributed by atoms with Gasteiger partial charge in [-0.3, -0.25) is 4.79 Å². The highest BCUT2D eigenvalue weighted by atomic mass is 32.1. The van der Waals surface area contributed by atoms with Crippen LogP contribution in [0, 0.1) is 0 Å². The summed E-state index contributed by atoms with van der Waals surface area (Å²) < 4.78 is 0. The molecule has 3 aromatic rings. The monoisotopic (exact) mass is 391 g/mol. The number of carboxylic acid groups (broad SMARTS) is 1. The highest BCUT2D eigenvalue weighted by molar-refractivity contribution is 7.14. The quantitative estimate of drug-likeness (QED) is 0.700. The van der Waals surface area contributed by atoms with Crippen molar-refractivity contribution in [3.8, 4) is 11.3 Å². The van der Waals surface area contributed by atoms with Crippen LogP contribution in [0.1, 0.15) is 27.9 Å². The van der Waals surface area contributed by atoms with Crippen molar-refractivity contribution >= 4 is 39.7 Å². The Morgan fingerprint density at radius 2 is 1.96 bits per heavy atom. The van der Waals surface area contributed by atoms with Gasteiger partial charge in [-0.1, -0.05) is 0 Å². The summed E-state index contributed by atoms with van der Waals surface area (Å²) in [5, 5.41) is 14.9. The van der Waals surface area contributed by atoms with E-state index in [1.165, 1.54) is 16.9 Å². The maximum absolute atomic E-state index is 12.2. The SMILES string of the molecule is O=C(O)c1ccc(Nc2nc(-c3cc4c5c(c3)CC(=O)N5CCC4)cs2)cc1. The van der Waals surface area contributed by atoms with E-state index in [1.807, 2.05) is 10.3 Å². The van der Waals surface area contributed by atoms with Crippen LogP contribution in [0.15, 0.2) is 41.8 Å². The molecule has 140 valence electrons. The van der Waals surface area contributed by atoms with Crippen LogP contribution in [0.4, 0.5) is 16.5 Å². The molecule has 0 spiro atoms. The van der Waals surface area contributed by atoms with Crippen molar-refractivity contribution in [2.75, 3.05) is 16.8 Å². The van der Waals surface area contributed by atoms with E-state index >= 15 is 0 Å². The predicted molar refractivity (Wildman–Crippen MR) is 109 cm³/mol. The van der Waals surface area contributed by atoms with E-state index in [1.54, 1.807) is 24.3 Å². The number of thiazole rings is 1. The lowest BCUT2D eigenvalue weighted by atomic mass is 9.96. The largest absolute Gasteiger partial charge is 0.478 e. The number of carboxylic acids is 1. The molecule has 0 saturated heterocycles. The lowest BCUT2D eigenvalue weighted by molar-refractivity contribution is -0.117. The van der Waals surface area contributed by atoms with E-state index in [9.17, 15) is 9.59 Å². The minimum atomic E-state index is -0.944. The first kappa shape index (κ1) is 16.9. The number of rotatable bonds is 4. The van der Waals surface area contributed by atoms with Crippen LogP contribution in [-0.4, -0.2) is 28.5 Å². The van der Waals surface area contributed by atoms with Gasteiger partial charge in [-0.05, 0) is 60.4 Å². The molecule has 5 rings (SSSR count). The maximum Gasteiger partial charge on any atom is 0.335 e. The summed E-state index contributed by atoms with van der Waals surface area (Å²) in [5.74, 6) is -0.751. The number of aromatic carboxylic acids is 1. The second-order valence-electron chi connectivity index (χ2n) is 7.01. The Kier molecular flexibility index (Phi) is 3.91. The topological polar surface area (TPSA) is 82.5 Å². The van der Waals surface area contributed by atoms with Crippen LogP contribution >= 0.6 is 11.3 Å². The fourth-order valence-electron chi connectivity index (χ4n) is 3.91. The molecule has 0 radical (unpaired) electrons. The Morgan fingerprint density at radius 3 is 2.75 bits per heavy atom. The van der Waals surface area contributed by atoms with Gasteiger partial charge in [0.25, 0.3) is 0 Å². The average Bonchev–Trinajstić information content (AvgIpc) is 3.28.